The highest BCUT2D eigenvalue weighted by Crippen LogP contribution is 2.15. The normalized spacial score (nSPS) is 17.6. The molecule has 112 valence electrons. The average Bonchev–Trinajstić information content (AvgIpc) is 2.44. The van der Waals surface area contributed by atoms with E-state index in [9.17, 15) is 4.79 Å². The lowest BCUT2D eigenvalue weighted by Crippen LogP contribution is -2.45. The molecule has 1 aliphatic rings. The maximum atomic E-state index is 11.2. The molecule has 1 aliphatic heterocycles. The van der Waals surface area contributed by atoms with Gasteiger partial charge in [0.1, 0.15) is 0 Å². The van der Waals surface area contributed by atoms with Crippen LogP contribution in [0.25, 0.3) is 0 Å². The van der Waals surface area contributed by atoms with Gasteiger partial charge in [-0.15, -0.1) is 0 Å². The van der Waals surface area contributed by atoms with Gasteiger partial charge in [0.15, 0.2) is 0 Å². The van der Waals surface area contributed by atoms with Gasteiger partial charge in [0.25, 0.3) is 0 Å². The number of hydrogen-bond donors (Lipinski definition) is 1. The highest BCUT2D eigenvalue weighted by Gasteiger charge is 2.19. The minimum atomic E-state index is -0.139. The third kappa shape index (κ3) is 8.31. The molecule has 1 N–H and O–H groups in total. The van der Waals surface area contributed by atoms with Crippen molar-refractivity contribution in [2.24, 2.45) is 0 Å². The monoisotopic (exact) mass is 325 g/mol. The van der Waals surface area contributed by atoms with Gasteiger partial charge in [-0.05, 0) is 12.7 Å². The fourth-order valence-electron chi connectivity index (χ4n) is 1.69. The molecule has 0 saturated carbocycles. The number of hydrogen-bond acceptors (Lipinski definition) is 8. The van der Waals surface area contributed by atoms with Crippen molar-refractivity contribution < 1.29 is 9.53 Å². The van der Waals surface area contributed by atoms with Crippen LogP contribution in [0.4, 0.5) is 0 Å². The topological polar surface area (TPSA) is 44.8 Å². The molecule has 1 fully saturated rings. The molecule has 19 heavy (non-hydrogen) atoms. The second kappa shape index (κ2) is 11.1. The quantitative estimate of drug-likeness (QED) is 0.387. The van der Waals surface area contributed by atoms with Gasteiger partial charge in [-0.25, -0.2) is 8.43 Å². The van der Waals surface area contributed by atoms with Crippen LogP contribution in [0, 0.1) is 0 Å². The van der Waals surface area contributed by atoms with Crippen LogP contribution in [0.15, 0.2) is 0 Å². The maximum absolute atomic E-state index is 11.2. The van der Waals surface area contributed by atoms with Gasteiger partial charge in [0.2, 0.25) is 0 Å². The zero-order valence-corrected chi connectivity index (χ0v) is 14.0. The Balaban J connectivity index is 1.99. The molecule has 0 atom stereocenters. The molecule has 8 heteroatoms. The van der Waals surface area contributed by atoms with E-state index in [-0.39, 0.29) is 5.97 Å². The van der Waals surface area contributed by atoms with Gasteiger partial charge < -0.3 is 4.74 Å². The summed E-state index contributed by atoms with van der Waals surface area (Å²) >= 11 is 5.34. The number of methoxy groups -OCH3 is 1. The van der Waals surface area contributed by atoms with Crippen molar-refractivity contribution in [1.82, 2.24) is 13.3 Å². The predicted octanol–water partition coefficient (Wildman–Crippen LogP) is 1.33. The highest BCUT2D eigenvalue weighted by atomic mass is 32.2. The summed E-state index contributed by atoms with van der Waals surface area (Å²) in [5, 5.41) is 0. The largest absolute Gasteiger partial charge is 0.468 e. The molecule has 5 nitrogen and oxygen atoms in total. The first-order chi connectivity index (χ1) is 9.26. The van der Waals surface area contributed by atoms with Crippen LogP contribution in [0.5, 0.6) is 0 Å². The van der Waals surface area contributed by atoms with E-state index in [0.717, 1.165) is 31.9 Å². The average molecular weight is 326 g/mol. The number of piperazine rings is 1. The molecular weight excluding hydrogens is 302 g/mol. The fourth-order valence-corrected chi connectivity index (χ4v) is 3.92. The molecule has 0 aromatic heterocycles. The smallest absolute Gasteiger partial charge is 0.319 e. The van der Waals surface area contributed by atoms with Crippen LogP contribution in [0.2, 0.25) is 0 Å². The molecule has 1 rings (SSSR count). The third-order valence-electron chi connectivity index (χ3n) is 2.72. The lowest BCUT2D eigenvalue weighted by atomic mass is 10.3. The zero-order valence-electron chi connectivity index (χ0n) is 11.6. The molecule has 0 bridgehead atoms. The lowest BCUT2D eigenvalue weighted by Gasteiger charge is -2.33. The molecule has 0 amide bonds. The summed E-state index contributed by atoms with van der Waals surface area (Å²) in [5.41, 5.74) is 0. The number of rotatable bonds is 9. The standard InChI is InChI=1S/C11H23N3O2S3/c1-16-11(15)10-13-4-6-14(7-5-13)19-9-3-8-18-12-17-2/h12H,3-10H2,1-2H3. The molecule has 0 aliphatic carbocycles. The Morgan fingerprint density at radius 3 is 2.63 bits per heavy atom. The summed E-state index contributed by atoms with van der Waals surface area (Å²) in [6, 6.07) is 0. The highest BCUT2D eigenvalue weighted by molar-refractivity contribution is 8.12. The first-order valence-electron chi connectivity index (χ1n) is 6.33. The van der Waals surface area contributed by atoms with E-state index in [0.29, 0.717) is 6.54 Å². The Labute approximate surface area is 129 Å². The lowest BCUT2D eigenvalue weighted by molar-refractivity contribution is -0.142. The Bertz CT molecular complexity index is 251. The summed E-state index contributed by atoms with van der Waals surface area (Å²) in [5.74, 6) is 2.18. The summed E-state index contributed by atoms with van der Waals surface area (Å²) in [6.45, 7) is 4.37. The van der Waals surface area contributed by atoms with Crippen LogP contribution in [-0.4, -0.2) is 72.8 Å². The summed E-state index contributed by atoms with van der Waals surface area (Å²) < 4.78 is 10.3. The van der Waals surface area contributed by atoms with E-state index in [1.165, 1.54) is 19.3 Å². The Morgan fingerprint density at radius 2 is 2.00 bits per heavy atom. The minimum Gasteiger partial charge on any atom is -0.468 e. The Kier molecular flexibility index (Phi) is 10.2. The second-order valence-electron chi connectivity index (χ2n) is 4.10. The van der Waals surface area contributed by atoms with E-state index in [2.05, 4.69) is 18.1 Å². The number of carbonyl (C=O) groups is 1. The number of nitrogens with one attached hydrogen (secondary N) is 1. The van der Waals surface area contributed by atoms with Crippen molar-refractivity contribution in [1.29, 1.82) is 0 Å². The third-order valence-corrected chi connectivity index (χ3v) is 5.55. The maximum Gasteiger partial charge on any atom is 0.319 e. The van der Waals surface area contributed by atoms with Gasteiger partial charge in [0.05, 0.1) is 13.7 Å². The molecule has 1 saturated heterocycles. The predicted molar refractivity (Wildman–Crippen MR) is 86.2 cm³/mol. The van der Waals surface area contributed by atoms with E-state index < -0.39 is 0 Å². The summed E-state index contributed by atoms with van der Waals surface area (Å²) in [4.78, 5) is 13.3. The molecule has 0 aromatic rings. The van der Waals surface area contributed by atoms with Crippen LogP contribution < -0.4 is 4.13 Å². The minimum absolute atomic E-state index is 0.139. The van der Waals surface area contributed by atoms with E-state index in [4.69, 9.17) is 0 Å². The molecule has 0 radical (unpaired) electrons. The molecule has 1 heterocycles. The van der Waals surface area contributed by atoms with Crippen molar-refractivity contribution in [2.45, 2.75) is 6.42 Å². The van der Waals surface area contributed by atoms with Gasteiger partial charge in [-0.2, -0.15) is 0 Å². The number of carbonyl (C=O) groups excluding carboxylic acids is 1. The summed E-state index contributed by atoms with van der Waals surface area (Å²) in [6.07, 6.45) is 3.25. The van der Waals surface area contributed by atoms with Crippen molar-refractivity contribution in [2.75, 3.05) is 57.6 Å². The fraction of sp³-hybridized carbons (Fsp3) is 0.909. The number of esters is 1. The van der Waals surface area contributed by atoms with Gasteiger partial charge in [0, 0.05) is 37.7 Å². The molecule has 0 spiro atoms. The second-order valence-corrected chi connectivity index (χ2v) is 7.06. The van der Waals surface area contributed by atoms with Gasteiger partial charge in [-0.1, -0.05) is 35.8 Å². The van der Waals surface area contributed by atoms with Crippen LogP contribution in [0.3, 0.4) is 0 Å². The molecule has 0 unspecified atom stereocenters. The Morgan fingerprint density at radius 1 is 1.26 bits per heavy atom. The Hall–Kier alpha value is 0.400. The van der Waals surface area contributed by atoms with Crippen molar-refractivity contribution in [3.63, 3.8) is 0 Å². The van der Waals surface area contributed by atoms with Crippen LogP contribution in [0.1, 0.15) is 6.42 Å². The van der Waals surface area contributed by atoms with E-state index in [1.54, 1.807) is 23.9 Å². The first-order valence-corrected chi connectivity index (χ1v) is 9.48. The van der Waals surface area contributed by atoms with Crippen molar-refractivity contribution >= 4 is 41.8 Å². The molecular formula is C11H23N3O2S3. The first kappa shape index (κ1) is 17.5. The van der Waals surface area contributed by atoms with Crippen LogP contribution >= 0.6 is 35.8 Å². The van der Waals surface area contributed by atoms with Crippen molar-refractivity contribution in [3.05, 3.63) is 0 Å². The van der Waals surface area contributed by atoms with Gasteiger partial charge in [-0.3, -0.25) is 9.69 Å². The zero-order chi connectivity index (χ0) is 13.9. The van der Waals surface area contributed by atoms with Crippen LogP contribution in [-0.2, 0) is 9.53 Å². The SMILES string of the molecule is COC(=O)CN1CCN(SCCCSNSC)CC1. The number of nitrogens with zero attached hydrogens (tertiary/aromatic N) is 2. The number of ether oxygens (including phenoxy) is 1. The summed E-state index contributed by atoms with van der Waals surface area (Å²) in [7, 11) is 1.44. The van der Waals surface area contributed by atoms with E-state index >= 15 is 0 Å². The van der Waals surface area contributed by atoms with Gasteiger partial charge >= 0.3 is 5.97 Å². The van der Waals surface area contributed by atoms with Crippen molar-refractivity contribution in [3.8, 4) is 0 Å². The van der Waals surface area contributed by atoms with E-state index in [1.807, 2.05) is 18.2 Å². The molecule has 0 aromatic carbocycles.